The summed E-state index contributed by atoms with van der Waals surface area (Å²) in [4.78, 5) is 13.4. The number of rotatable bonds is 5. The third-order valence-corrected chi connectivity index (χ3v) is 2.35. The highest BCUT2D eigenvalue weighted by atomic mass is 16.6. The molecule has 0 saturated carbocycles. The normalized spacial score (nSPS) is 18.8. The van der Waals surface area contributed by atoms with Gasteiger partial charge in [0, 0.05) is 13.1 Å². The molecule has 1 unspecified atom stereocenters. The van der Waals surface area contributed by atoms with Crippen molar-refractivity contribution in [3.8, 4) is 0 Å². The second-order valence-corrected chi connectivity index (χ2v) is 3.92. The van der Waals surface area contributed by atoms with E-state index in [0.29, 0.717) is 6.54 Å². The van der Waals surface area contributed by atoms with Crippen LogP contribution < -0.4 is 5.32 Å². The Morgan fingerprint density at radius 2 is 2.20 bits per heavy atom. The standard InChI is InChI=1S/C10H20N2O3/c1-9(13)8-15-10(14)11-4-7-12-5-2-3-6-12/h9,13H,2-8H2,1H3,(H,11,14). The van der Waals surface area contributed by atoms with E-state index in [1.807, 2.05) is 0 Å². The summed E-state index contributed by atoms with van der Waals surface area (Å²) in [5, 5.41) is 11.5. The monoisotopic (exact) mass is 216 g/mol. The summed E-state index contributed by atoms with van der Waals surface area (Å²) < 4.78 is 4.75. The molecule has 1 aliphatic rings. The van der Waals surface area contributed by atoms with Crippen molar-refractivity contribution in [2.75, 3.05) is 32.8 Å². The summed E-state index contributed by atoms with van der Waals surface area (Å²) >= 11 is 0. The van der Waals surface area contributed by atoms with E-state index in [1.165, 1.54) is 12.8 Å². The Balaban J connectivity index is 1.96. The third kappa shape index (κ3) is 5.59. The maximum atomic E-state index is 11.1. The molecule has 2 N–H and O–H groups in total. The van der Waals surface area contributed by atoms with Crippen molar-refractivity contribution >= 4 is 6.09 Å². The Morgan fingerprint density at radius 3 is 2.80 bits per heavy atom. The van der Waals surface area contributed by atoms with Gasteiger partial charge in [0.2, 0.25) is 0 Å². The van der Waals surface area contributed by atoms with E-state index in [9.17, 15) is 4.79 Å². The fraction of sp³-hybridized carbons (Fsp3) is 0.900. The van der Waals surface area contributed by atoms with Gasteiger partial charge in [-0.3, -0.25) is 0 Å². The number of carbonyl (C=O) groups excluding carboxylic acids is 1. The minimum atomic E-state index is -0.602. The minimum absolute atomic E-state index is 0.0511. The summed E-state index contributed by atoms with van der Waals surface area (Å²) in [5.74, 6) is 0. The van der Waals surface area contributed by atoms with Crippen LogP contribution in [0.1, 0.15) is 19.8 Å². The fourth-order valence-electron chi connectivity index (χ4n) is 1.57. The van der Waals surface area contributed by atoms with Crippen LogP contribution in [0.15, 0.2) is 0 Å². The molecule has 1 rings (SSSR count). The highest BCUT2D eigenvalue weighted by Gasteiger charge is 2.11. The van der Waals surface area contributed by atoms with Gasteiger partial charge < -0.3 is 20.1 Å². The van der Waals surface area contributed by atoms with Gasteiger partial charge in [-0.15, -0.1) is 0 Å². The SMILES string of the molecule is CC(O)COC(=O)NCCN1CCCC1. The molecule has 5 heteroatoms. The van der Waals surface area contributed by atoms with E-state index >= 15 is 0 Å². The van der Waals surface area contributed by atoms with Crippen LogP contribution in [0.5, 0.6) is 0 Å². The van der Waals surface area contributed by atoms with Crippen LogP contribution in [0.2, 0.25) is 0 Å². The van der Waals surface area contributed by atoms with Gasteiger partial charge in [0.15, 0.2) is 0 Å². The summed E-state index contributed by atoms with van der Waals surface area (Å²) in [5.41, 5.74) is 0. The first-order chi connectivity index (χ1) is 7.18. The molecule has 0 aliphatic carbocycles. The molecule has 15 heavy (non-hydrogen) atoms. The second-order valence-electron chi connectivity index (χ2n) is 3.92. The molecule has 0 aromatic heterocycles. The topological polar surface area (TPSA) is 61.8 Å². The molecule has 88 valence electrons. The van der Waals surface area contributed by atoms with Crippen LogP contribution in [-0.4, -0.2) is 55.0 Å². The number of nitrogens with one attached hydrogen (secondary N) is 1. The molecule has 0 aromatic carbocycles. The Hall–Kier alpha value is -0.810. The molecule has 1 fully saturated rings. The van der Waals surface area contributed by atoms with Crippen LogP contribution in [0.25, 0.3) is 0 Å². The molecule has 1 aliphatic heterocycles. The van der Waals surface area contributed by atoms with E-state index in [2.05, 4.69) is 10.2 Å². The maximum absolute atomic E-state index is 11.1. The summed E-state index contributed by atoms with van der Waals surface area (Å²) in [6.07, 6.45) is 1.46. The maximum Gasteiger partial charge on any atom is 0.407 e. The average molecular weight is 216 g/mol. The second kappa shape index (κ2) is 6.63. The van der Waals surface area contributed by atoms with Crippen molar-refractivity contribution in [3.63, 3.8) is 0 Å². The zero-order chi connectivity index (χ0) is 11.1. The number of hydrogen-bond donors (Lipinski definition) is 2. The van der Waals surface area contributed by atoms with Gasteiger partial charge in [-0.2, -0.15) is 0 Å². The van der Waals surface area contributed by atoms with Gasteiger partial charge in [-0.25, -0.2) is 4.79 Å². The molecule has 5 nitrogen and oxygen atoms in total. The first-order valence-corrected chi connectivity index (χ1v) is 5.49. The number of ether oxygens (including phenoxy) is 1. The van der Waals surface area contributed by atoms with Crippen LogP contribution in [0, 0.1) is 0 Å². The van der Waals surface area contributed by atoms with Gasteiger partial charge in [-0.05, 0) is 32.9 Å². The Bertz CT molecular complexity index is 191. The van der Waals surface area contributed by atoms with Crippen molar-refractivity contribution in [3.05, 3.63) is 0 Å². The molecular formula is C10H20N2O3. The first kappa shape index (κ1) is 12.3. The number of likely N-dealkylation sites (tertiary alicyclic amines) is 1. The number of nitrogens with zero attached hydrogens (tertiary/aromatic N) is 1. The predicted octanol–water partition coefficient (Wildman–Crippen LogP) is 0.189. The van der Waals surface area contributed by atoms with Crippen molar-refractivity contribution in [2.24, 2.45) is 0 Å². The van der Waals surface area contributed by atoms with Crippen molar-refractivity contribution in [2.45, 2.75) is 25.9 Å². The van der Waals surface area contributed by atoms with E-state index in [-0.39, 0.29) is 6.61 Å². The van der Waals surface area contributed by atoms with E-state index in [4.69, 9.17) is 9.84 Å². The zero-order valence-electron chi connectivity index (χ0n) is 9.24. The predicted molar refractivity (Wildman–Crippen MR) is 56.7 cm³/mol. The van der Waals surface area contributed by atoms with Crippen LogP contribution >= 0.6 is 0 Å². The lowest BCUT2D eigenvalue weighted by molar-refractivity contribution is 0.0777. The van der Waals surface area contributed by atoms with E-state index in [0.717, 1.165) is 19.6 Å². The zero-order valence-corrected chi connectivity index (χ0v) is 9.24. The number of carbonyl (C=O) groups is 1. The highest BCUT2D eigenvalue weighted by molar-refractivity contribution is 5.67. The summed E-state index contributed by atoms with van der Waals surface area (Å²) in [6.45, 7) is 5.38. The molecule has 0 aromatic rings. The van der Waals surface area contributed by atoms with Crippen molar-refractivity contribution in [1.29, 1.82) is 0 Å². The van der Waals surface area contributed by atoms with Gasteiger partial charge in [-0.1, -0.05) is 0 Å². The molecule has 1 atom stereocenters. The van der Waals surface area contributed by atoms with Gasteiger partial charge in [0.05, 0.1) is 6.10 Å². The minimum Gasteiger partial charge on any atom is -0.447 e. The third-order valence-electron chi connectivity index (χ3n) is 2.35. The Morgan fingerprint density at radius 1 is 1.53 bits per heavy atom. The Labute approximate surface area is 90.4 Å². The number of aliphatic hydroxyl groups is 1. The molecule has 1 saturated heterocycles. The highest BCUT2D eigenvalue weighted by Crippen LogP contribution is 2.05. The van der Waals surface area contributed by atoms with Crippen LogP contribution in [-0.2, 0) is 4.74 Å². The van der Waals surface area contributed by atoms with Crippen molar-refractivity contribution < 1.29 is 14.6 Å². The first-order valence-electron chi connectivity index (χ1n) is 5.49. The Kier molecular flexibility index (Phi) is 5.42. The van der Waals surface area contributed by atoms with Gasteiger partial charge in [0.1, 0.15) is 6.61 Å². The number of aliphatic hydroxyl groups excluding tert-OH is 1. The lowest BCUT2D eigenvalue weighted by atomic mass is 10.4. The molecule has 0 radical (unpaired) electrons. The quantitative estimate of drug-likeness (QED) is 0.688. The molecule has 1 amide bonds. The van der Waals surface area contributed by atoms with Gasteiger partial charge in [0.25, 0.3) is 0 Å². The van der Waals surface area contributed by atoms with Crippen LogP contribution in [0.4, 0.5) is 4.79 Å². The number of amides is 1. The van der Waals surface area contributed by atoms with Gasteiger partial charge >= 0.3 is 6.09 Å². The molecule has 0 bridgehead atoms. The van der Waals surface area contributed by atoms with E-state index in [1.54, 1.807) is 6.92 Å². The smallest absolute Gasteiger partial charge is 0.407 e. The molecule has 0 spiro atoms. The summed E-state index contributed by atoms with van der Waals surface area (Å²) in [7, 11) is 0. The lowest BCUT2D eigenvalue weighted by Gasteiger charge is -2.14. The van der Waals surface area contributed by atoms with Crippen LogP contribution in [0.3, 0.4) is 0 Å². The summed E-state index contributed by atoms with van der Waals surface area (Å²) in [6, 6.07) is 0. The number of alkyl carbamates (subject to hydrolysis) is 1. The largest absolute Gasteiger partial charge is 0.447 e. The average Bonchev–Trinajstić information content (AvgIpc) is 2.67. The number of hydrogen-bond acceptors (Lipinski definition) is 4. The van der Waals surface area contributed by atoms with E-state index < -0.39 is 12.2 Å². The van der Waals surface area contributed by atoms with Crippen molar-refractivity contribution in [1.82, 2.24) is 10.2 Å². The molecular weight excluding hydrogens is 196 g/mol. The molecule has 1 heterocycles. The lowest BCUT2D eigenvalue weighted by Crippen LogP contribution is -2.34. The fourth-order valence-corrected chi connectivity index (χ4v) is 1.57.